The van der Waals surface area contributed by atoms with E-state index in [4.69, 9.17) is 9.47 Å². The smallest absolute Gasteiger partial charge is 0.229 e. The molecule has 0 saturated carbocycles. The molecule has 0 aliphatic carbocycles. The molecule has 0 radical (unpaired) electrons. The van der Waals surface area contributed by atoms with Crippen molar-refractivity contribution in [2.24, 2.45) is 0 Å². The molecule has 1 N–H and O–H groups in total. The van der Waals surface area contributed by atoms with Gasteiger partial charge in [0.05, 0.1) is 18.6 Å². The Bertz CT molecular complexity index is 1100. The first-order chi connectivity index (χ1) is 15.4. The van der Waals surface area contributed by atoms with Gasteiger partial charge in [0.15, 0.2) is 0 Å². The third kappa shape index (κ3) is 8.33. The number of hydrogen-bond donors (Lipinski definition) is 1. The Morgan fingerprint density at radius 1 is 1.12 bits per heavy atom. The van der Waals surface area contributed by atoms with Gasteiger partial charge in [0, 0.05) is 18.2 Å². The van der Waals surface area contributed by atoms with Gasteiger partial charge in [-0.2, -0.15) is 0 Å². The fourth-order valence-corrected chi connectivity index (χ4v) is 3.83. The minimum absolute atomic E-state index is 0.00662. The number of nitrogens with one attached hydrogen (secondary N) is 1. The standard InChI is InChI=1S/C26H34FNO4S/c1-7-20-16-19(17-23(27)25(20)28-33(6,29)30)10-8-9-11-21-12-13-22(26(2,3)4)18-24(21)32-15-14-31-5/h7,9,11-13,16-18,28H,1,8,10,14-15H2,2-6H3/b11-9+. The summed E-state index contributed by atoms with van der Waals surface area (Å²) >= 11 is 0. The molecule has 0 fully saturated rings. The molecule has 0 bridgehead atoms. The van der Waals surface area contributed by atoms with Crippen LogP contribution in [-0.2, 0) is 26.6 Å². The molecule has 2 aromatic carbocycles. The van der Waals surface area contributed by atoms with Crippen molar-refractivity contribution in [1.29, 1.82) is 0 Å². The Balaban J connectivity index is 2.16. The van der Waals surface area contributed by atoms with E-state index in [9.17, 15) is 12.8 Å². The second-order valence-electron chi connectivity index (χ2n) is 8.91. The fraction of sp³-hybridized carbons (Fsp3) is 0.385. The molecular formula is C26H34FNO4S. The summed E-state index contributed by atoms with van der Waals surface area (Å²) in [5, 5.41) is 0. The van der Waals surface area contributed by atoms with Crippen molar-refractivity contribution in [3.8, 4) is 5.75 Å². The first-order valence-electron chi connectivity index (χ1n) is 10.8. The molecule has 2 rings (SSSR count). The van der Waals surface area contributed by atoms with E-state index in [0.717, 1.165) is 23.1 Å². The fourth-order valence-electron chi connectivity index (χ4n) is 3.24. The monoisotopic (exact) mass is 475 g/mol. The van der Waals surface area contributed by atoms with E-state index >= 15 is 0 Å². The molecule has 0 aliphatic heterocycles. The predicted octanol–water partition coefficient (Wildman–Crippen LogP) is 5.81. The van der Waals surface area contributed by atoms with Crippen LogP contribution in [0.15, 0.2) is 43.0 Å². The molecule has 33 heavy (non-hydrogen) atoms. The van der Waals surface area contributed by atoms with Gasteiger partial charge in [-0.1, -0.05) is 57.7 Å². The zero-order chi connectivity index (χ0) is 24.6. The van der Waals surface area contributed by atoms with Crippen LogP contribution < -0.4 is 9.46 Å². The quantitative estimate of drug-likeness (QED) is 0.417. The third-order valence-corrected chi connectivity index (χ3v) is 5.58. The van der Waals surface area contributed by atoms with Crippen molar-refractivity contribution in [3.05, 3.63) is 71.1 Å². The largest absolute Gasteiger partial charge is 0.491 e. The number of methoxy groups -OCH3 is 1. The van der Waals surface area contributed by atoms with Crippen LogP contribution in [-0.4, -0.2) is 35.0 Å². The molecular weight excluding hydrogens is 441 g/mol. The number of halogens is 1. The van der Waals surface area contributed by atoms with Gasteiger partial charge < -0.3 is 9.47 Å². The molecule has 180 valence electrons. The SMILES string of the molecule is C=Cc1cc(CC/C=C/c2ccc(C(C)(C)C)cc2OCCOC)cc(F)c1NS(C)(=O)=O. The molecule has 2 aromatic rings. The van der Waals surface area contributed by atoms with Crippen LogP contribution in [0.3, 0.4) is 0 Å². The van der Waals surface area contributed by atoms with Crippen LogP contribution in [0.5, 0.6) is 5.75 Å². The lowest BCUT2D eigenvalue weighted by molar-refractivity contribution is 0.146. The lowest BCUT2D eigenvalue weighted by Crippen LogP contribution is -2.12. The van der Waals surface area contributed by atoms with Gasteiger partial charge >= 0.3 is 0 Å². The van der Waals surface area contributed by atoms with Crippen molar-refractivity contribution in [2.45, 2.75) is 39.0 Å². The van der Waals surface area contributed by atoms with Crippen LogP contribution in [0, 0.1) is 5.82 Å². The van der Waals surface area contributed by atoms with Gasteiger partial charge in [-0.15, -0.1) is 0 Å². The van der Waals surface area contributed by atoms with Gasteiger partial charge in [-0.25, -0.2) is 12.8 Å². The Morgan fingerprint density at radius 2 is 1.85 bits per heavy atom. The highest BCUT2D eigenvalue weighted by Crippen LogP contribution is 2.30. The predicted molar refractivity (Wildman–Crippen MR) is 135 cm³/mol. The van der Waals surface area contributed by atoms with E-state index in [2.05, 4.69) is 44.2 Å². The highest BCUT2D eigenvalue weighted by molar-refractivity contribution is 7.92. The van der Waals surface area contributed by atoms with Gasteiger partial charge in [-0.3, -0.25) is 4.72 Å². The van der Waals surface area contributed by atoms with Crippen molar-refractivity contribution < 1.29 is 22.3 Å². The van der Waals surface area contributed by atoms with E-state index in [1.54, 1.807) is 13.2 Å². The molecule has 0 atom stereocenters. The number of sulfonamides is 1. The topological polar surface area (TPSA) is 64.6 Å². The number of aryl methyl sites for hydroxylation is 1. The van der Waals surface area contributed by atoms with Gasteiger partial charge in [-0.05, 0) is 47.6 Å². The first kappa shape index (κ1) is 26.6. The average Bonchev–Trinajstić information content (AvgIpc) is 2.72. The van der Waals surface area contributed by atoms with Crippen molar-refractivity contribution in [3.63, 3.8) is 0 Å². The third-order valence-electron chi connectivity index (χ3n) is 5.01. The Hall–Kier alpha value is -2.64. The number of benzene rings is 2. The maximum Gasteiger partial charge on any atom is 0.229 e. The summed E-state index contributed by atoms with van der Waals surface area (Å²) in [6, 6.07) is 9.30. The first-order valence-corrected chi connectivity index (χ1v) is 12.7. The lowest BCUT2D eigenvalue weighted by atomic mass is 9.86. The number of rotatable bonds is 11. The summed E-state index contributed by atoms with van der Waals surface area (Å²) in [7, 11) is -1.95. The van der Waals surface area contributed by atoms with Gasteiger partial charge in [0.1, 0.15) is 18.2 Å². The second-order valence-corrected chi connectivity index (χ2v) is 10.7. The van der Waals surface area contributed by atoms with E-state index in [1.807, 2.05) is 18.2 Å². The maximum atomic E-state index is 14.5. The Morgan fingerprint density at radius 3 is 2.45 bits per heavy atom. The summed E-state index contributed by atoms with van der Waals surface area (Å²) in [4.78, 5) is 0. The minimum atomic E-state index is -3.59. The summed E-state index contributed by atoms with van der Waals surface area (Å²) in [6.07, 6.45) is 7.71. The maximum absolute atomic E-state index is 14.5. The summed E-state index contributed by atoms with van der Waals surface area (Å²) < 4.78 is 50.8. The van der Waals surface area contributed by atoms with Crippen LogP contribution in [0.1, 0.15) is 49.4 Å². The normalized spacial score (nSPS) is 12.2. The Kier molecular flexibility index (Phi) is 9.25. The van der Waals surface area contributed by atoms with Crippen LogP contribution >= 0.6 is 0 Å². The highest BCUT2D eigenvalue weighted by Gasteiger charge is 2.16. The Labute approximate surface area is 197 Å². The molecule has 0 spiro atoms. The summed E-state index contributed by atoms with van der Waals surface area (Å²) in [5.74, 6) is 0.176. The van der Waals surface area contributed by atoms with Gasteiger partial charge in [0.25, 0.3) is 0 Å². The zero-order valence-corrected chi connectivity index (χ0v) is 20.9. The zero-order valence-electron chi connectivity index (χ0n) is 20.1. The molecule has 0 aromatic heterocycles. The van der Waals surface area contributed by atoms with Crippen LogP contribution in [0.25, 0.3) is 12.2 Å². The average molecular weight is 476 g/mol. The van der Waals surface area contributed by atoms with Gasteiger partial charge in [0.2, 0.25) is 10.0 Å². The van der Waals surface area contributed by atoms with Crippen molar-refractivity contribution in [1.82, 2.24) is 0 Å². The van der Waals surface area contributed by atoms with E-state index in [0.29, 0.717) is 31.6 Å². The molecule has 0 amide bonds. The number of anilines is 1. The lowest BCUT2D eigenvalue weighted by Gasteiger charge is -2.21. The van der Waals surface area contributed by atoms with Crippen LogP contribution in [0.2, 0.25) is 0 Å². The number of ether oxygens (including phenoxy) is 2. The molecule has 7 heteroatoms. The molecule has 0 heterocycles. The minimum Gasteiger partial charge on any atom is -0.491 e. The van der Waals surface area contributed by atoms with Crippen LogP contribution in [0.4, 0.5) is 10.1 Å². The van der Waals surface area contributed by atoms with E-state index in [-0.39, 0.29) is 11.1 Å². The van der Waals surface area contributed by atoms with Crippen molar-refractivity contribution >= 4 is 27.9 Å². The molecule has 5 nitrogen and oxygen atoms in total. The molecule has 0 aliphatic rings. The number of hydrogen-bond acceptors (Lipinski definition) is 4. The second kappa shape index (κ2) is 11.5. The highest BCUT2D eigenvalue weighted by atomic mass is 32.2. The number of allylic oxidation sites excluding steroid dienone is 1. The summed E-state index contributed by atoms with van der Waals surface area (Å²) in [6.45, 7) is 11.1. The molecule has 0 unspecified atom stereocenters. The van der Waals surface area contributed by atoms with Crippen molar-refractivity contribution in [2.75, 3.05) is 31.3 Å². The van der Waals surface area contributed by atoms with E-state index < -0.39 is 15.8 Å². The van der Waals surface area contributed by atoms with E-state index in [1.165, 1.54) is 17.7 Å². The summed E-state index contributed by atoms with van der Waals surface area (Å²) in [5.41, 5.74) is 3.24. The molecule has 0 saturated heterocycles.